The van der Waals surface area contributed by atoms with Crippen LogP contribution in [0.25, 0.3) is 0 Å². The Morgan fingerprint density at radius 1 is 1.41 bits per heavy atom. The van der Waals surface area contributed by atoms with Gasteiger partial charge in [-0.25, -0.2) is 4.98 Å². The van der Waals surface area contributed by atoms with Crippen molar-refractivity contribution in [1.29, 1.82) is 0 Å². The number of anilines is 1. The Labute approximate surface area is 104 Å². The number of aryl methyl sites for hydroxylation is 1. The Morgan fingerprint density at radius 3 is 2.71 bits per heavy atom. The van der Waals surface area contributed by atoms with E-state index in [1.54, 1.807) is 0 Å². The third kappa shape index (κ3) is 3.04. The van der Waals surface area contributed by atoms with Crippen molar-refractivity contribution in [3.63, 3.8) is 0 Å². The molecule has 1 aromatic rings. The topological polar surface area (TPSA) is 53.4 Å². The van der Waals surface area contributed by atoms with E-state index in [0.29, 0.717) is 11.5 Å². The highest BCUT2D eigenvalue weighted by molar-refractivity contribution is 7.85. The molecule has 0 aromatic carbocycles. The summed E-state index contributed by atoms with van der Waals surface area (Å²) in [4.78, 5) is 6.72. The van der Waals surface area contributed by atoms with Gasteiger partial charge >= 0.3 is 0 Å². The molecule has 0 amide bonds. The summed E-state index contributed by atoms with van der Waals surface area (Å²) in [7, 11) is -0.668. The fraction of sp³-hybridized carbons (Fsp3) is 0.583. The standard InChI is InChI=1S/C12H18N2O2S/c1-2-11-7-10(9-15)8-12(13-11)14-3-5-17(16)6-4-14/h7-8,15H,2-6,9H2,1H3. The molecule has 17 heavy (non-hydrogen) atoms. The number of rotatable bonds is 3. The normalized spacial score (nSPS) is 17.4. The van der Waals surface area contributed by atoms with Crippen molar-refractivity contribution in [2.75, 3.05) is 29.5 Å². The lowest BCUT2D eigenvalue weighted by atomic mass is 10.2. The van der Waals surface area contributed by atoms with E-state index in [0.717, 1.165) is 36.6 Å². The summed E-state index contributed by atoms with van der Waals surface area (Å²) in [5.41, 5.74) is 1.90. The van der Waals surface area contributed by atoms with Crippen molar-refractivity contribution in [1.82, 2.24) is 4.98 Å². The van der Waals surface area contributed by atoms with E-state index in [1.165, 1.54) is 0 Å². The fourth-order valence-corrected chi connectivity index (χ4v) is 2.99. The molecule has 0 saturated carbocycles. The van der Waals surface area contributed by atoms with Crippen molar-refractivity contribution in [3.05, 3.63) is 23.4 Å². The molecule has 2 rings (SSSR count). The minimum Gasteiger partial charge on any atom is -0.392 e. The van der Waals surface area contributed by atoms with Crippen LogP contribution in [0.3, 0.4) is 0 Å². The molecule has 0 aliphatic carbocycles. The van der Waals surface area contributed by atoms with Gasteiger partial charge in [-0.3, -0.25) is 4.21 Å². The van der Waals surface area contributed by atoms with Gasteiger partial charge in [0.2, 0.25) is 0 Å². The molecule has 0 unspecified atom stereocenters. The van der Waals surface area contributed by atoms with Gasteiger partial charge in [0, 0.05) is 41.1 Å². The Bertz CT molecular complexity index is 391. The number of nitrogens with zero attached hydrogens (tertiary/aromatic N) is 2. The van der Waals surface area contributed by atoms with Crippen LogP contribution >= 0.6 is 0 Å². The van der Waals surface area contributed by atoms with Gasteiger partial charge in [0.1, 0.15) is 5.82 Å². The Hall–Kier alpha value is -0.940. The molecule has 0 atom stereocenters. The molecule has 1 N–H and O–H groups in total. The summed E-state index contributed by atoms with van der Waals surface area (Å²) < 4.78 is 11.3. The number of hydrogen-bond acceptors (Lipinski definition) is 4. The van der Waals surface area contributed by atoms with E-state index in [2.05, 4.69) is 16.8 Å². The summed E-state index contributed by atoms with van der Waals surface area (Å²) in [6.45, 7) is 3.68. The molecule has 1 saturated heterocycles. The maximum atomic E-state index is 11.3. The second-order valence-corrected chi connectivity index (χ2v) is 5.87. The molecule has 1 aromatic heterocycles. The Balaban J connectivity index is 2.22. The highest BCUT2D eigenvalue weighted by atomic mass is 32.2. The minimum atomic E-state index is -0.668. The van der Waals surface area contributed by atoms with E-state index >= 15 is 0 Å². The first-order valence-corrected chi connectivity index (χ1v) is 7.42. The summed E-state index contributed by atoms with van der Waals surface area (Å²) in [6.07, 6.45) is 0.862. The Morgan fingerprint density at radius 2 is 2.12 bits per heavy atom. The average molecular weight is 254 g/mol. The molecule has 0 radical (unpaired) electrons. The highest BCUT2D eigenvalue weighted by Gasteiger charge is 2.17. The van der Waals surface area contributed by atoms with Crippen LogP contribution in [0.2, 0.25) is 0 Å². The zero-order valence-corrected chi connectivity index (χ0v) is 10.9. The molecule has 1 fully saturated rings. The number of aliphatic hydroxyl groups is 1. The highest BCUT2D eigenvalue weighted by Crippen LogP contribution is 2.17. The van der Waals surface area contributed by atoms with E-state index in [4.69, 9.17) is 0 Å². The van der Waals surface area contributed by atoms with Crippen LogP contribution in [0.1, 0.15) is 18.2 Å². The van der Waals surface area contributed by atoms with Crippen LogP contribution in [-0.4, -0.2) is 38.9 Å². The van der Waals surface area contributed by atoms with Gasteiger partial charge in [0.25, 0.3) is 0 Å². The quantitative estimate of drug-likeness (QED) is 0.863. The summed E-state index contributed by atoms with van der Waals surface area (Å²) in [5.74, 6) is 2.34. The van der Waals surface area contributed by atoms with Gasteiger partial charge in [-0.05, 0) is 24.1 Å². The number of aromatic nitrogens is 1. The molecule has 4 nitrogen and oxygen atoms in total. The zero-order chi connectivity index (χ0) is 12.3. The minimum absolute atomic E-state index is 0.0439. The molecule has 0 spiro atoms. The van der Waals surface area contributed by atoms with Crippen molar-refractivity contribution in [2.24, 2.45) is 0 Å². The third-order valence-electron chi connectivity index (χ3n) is 2.97. The summed E-state index contributed by atoms with van der Waals surface area (Å²) in [5, 5.41) is 9.23. The number of aliphatic hydroxyl groups excluding tert-OH is 1. The first kappa shape index (κ1) is 12.5. The lowest BCUT2D eigenvalue weighted by Crippen LogP contribution is -2.38. The van der Waals surface area contributed by atoms with E-state index < -0.39 is 10.8 Å². The van der Waals surface area contributed by atoms with Crippen LogP contribution < -0.4 is 4.90 Å². The van der Waals surface area contributed by atoms with E-state index in [9.17, 15) is 9.32 Å². The van der Waals surface area contributed by atoms with E-state index in [-0.39, 0.29) is 6.61 Å². The van der Waals surface area contributed by atoms with Crippen LogP contribution in [-0.2, 0) is 23.8 Å². The SMILES string of the molecule is CCc1cc(CO)cc(N2CCS(=O)CC2)n1. The molecule has 1 aliphatic rings. The average Bonchev–Trinajstić information content (AvgIpc) is 2.39. The monoisotopic (exact) mass is 254 g/mol. The molecule has 94 valence electrons. The lowest BCUT2D eigenvalue weighted by Gasteiger charge is -2.28. The van der Waals surface area contributed by atoms with Gasteiger partial charge in [0.15, 0.2) is 0 Å². The molecule has 1 aliphatic heterocycles. The number of pyridine rings is 1. The first-order chi connectivity index (χ1) is 8.22. The molecule has 5 heteroatoms. The summed E-state index contributed by atoms with van der Waals surface area (Å²) in [6, 6.07) is 3.86. The second kappa shape index (κ2) is 5.60. The van der Waals surface area contributed by atoms with Gasteiger partial charge in [-0.1, -0.05) is 6.92 Å². The van der Waals surface area contributed by atoms with E-state index in [1.807, 2.05) is 12.1 Å². The van der Waals surface area contributed by atoms with Crippen LogP contribution in [0.15, 0.2) is 12.1 Å². The largest absolute Gasteiger partial charge is 0.392 e. The predicted molar refractivity (Wildman–Crippen MR) is 69.6 cm³/mol. The molecular weight excluding hydrogens is 236 g/mol. The Kier molecular flexibility index (Phi) is 4.12. The van der Waals surface area contributed by atoms with Gasteiger partial charge < -0.3 is 10.0 Å². The maximum Gasteiger partial charge on any atom is 0.129 e. The van der Waals surface area contributed by atoms with Crippen molar-refractivity contribution in [2.45, 2.75) is 20.0 Å². The fourth-order valence-electron chi connectivity index (χ4n) is 1.93. The van der Waals surface area contributed by atoms with Gasteiger partial charge in [0.05, 0.1) is 6.61 Å². The second-order valence-electron chi connectivity index (χ2n) is 4.17. The zero-order valence-electron chi connectivity index (χ0n) is 10.1. The molecule has 0 bridgehead atoms. The van der Waals surface area contributed by atoms with Crippen LogP contribution in [0, 0.1) is 0 Å². The van der Waals surface area contributed by atoms with Gasteiger partial charge in [-0.2, -0.15) is 0 Å². The predicted octanol–water partition coefficient (Wildman–Crippen LogP) is 0.705. The maximum absolute atomic E-state index is 11.3. The first-order valence-electron chi connectivity index (χ1n) is 5.93. The van der Waals surface area contributed by atoms with Crippen molar-refractivity contribution >= 4 is 16.6 Å². The van der Waals surface area contributed by atoms with Crippen LogP contribution in [0.5, 0.6) is 0 Å². The lowest BCUT2D eigenvalue weighted by molar-refractivity contribution is 0.281. The molecule has 2 heterocycles. The van der Waals surface area contributed by atoms with Crippen LogP contribution in [0.4, 0.5) is 5.82 Å². The van der Waals surface area contributed by atoms with Gasteiger partial charge in [-0.15, -0.1) is 0 Å². The third-order valence-corrected chi connectivity index (χ3v) is 4.25. The number of hydrogen-bond donors (Lipinski definition) is 1. The molecular formula is C12H18N2O2S. The smallest absolute Gasteiger partial charge is 0.129 e. The van der Waals surface area contributed by atoms with Crippen molar-refractivity contribution in [3.8, 4) is 0 Å². The summed E-state index contributed by atoms with van der Waals surface area (Å²) >= 11 is 0. The van der Waals surface area contributed by atoms with Crippen molar-refractivity contribution < 1.29 is 9.32 Å².